The number of imidazole rings is 3. The van der Waals surface area contributed by atoms with Crippen molar-refractivity contribution in [3.05, 3.63) is 140 Å². The van der Waals surface area contributed by atoms with Crippen molar-refractivity contribution in [1.29, 1.82) is 0 Å². The first-order valence-electron chi connectivity index (χ1n) is 28.2. The van der Waals surface area contributed by atoms with Crippen molar-refractivity contribution in [3.63, 3.8) is 0 Å². The van der Waals surface area contributed by atoms with E-state index in [0.717, 1.165) is 61.8 Å². The predicted molar refractivity (Wildman–Crippen MR) is 365 cm³/mol. The number of aryl methyl sites for hydroxylation is 3. The van der Waals surface area contributed by atoms with Crippen molar-refractivity contribution >= 4 is 118 Å². The SMILES string of the molecule is C.C.C.ClCc1cc2c(cc1Cl)OCO2.Cn1c(=O)c2[nH]c(Br)nc2n(C)c1=O.Cn1c(=O)c2c(nc(Br)n2Cc2cc3c(cc2Cl)OCO3)n(C)c1=O.Cn1c(=O)c2c(nc(NC3CCCCC3)n2Cc2cc3c(cc2Cl)OCO3)n(C)c1=O.NC1CCCCC1. The number of hydrogen-bond acceptors (Lipinski definition) is 17. The normalized spacial score (nSPS) is 14.4. The van der Waals surface area contributed by atoms with E-state index in [2.05, 4.69) is 57.1 Å². The van der Waals surface area contributed by atoms with Gasteiger partial charge in [0.15, 0.2) is 77.5 Å². The summed E-state index contributed by atoms with van der Waals surface area (Å²) in [5, 5.41) is 5.13. The summed E-state index contributed by atoms with van der Waals surface area (Å²) in [5.74, 6) is 4.75. The van der Waals surface area contributed by atoms with E-state index in [1.807, 2.05) is 10.6 Å². The topological polar surface area (TPSA) is 290 Å². The highest BCUT2D eigenvalue weighted by molar-refractivity contribution is 9.10. The Hall–Kier alpha value is -7.21. The van der Waals surface area contributed by atoms with Crippen LogP contribution in [0, 0.1) is 0 Å². The average molecular weight is 1480 g/mol. The van der Waals surface area contributed by atoms with Gasteiger partial charge in [-0.15, -0.1) is 11.6 Å². The van der Waals surface area contributed by atoms with Crippen LogP contribution < -0.4 is 73.2 Å². The number of H-pyrrole nitrogens is 1. The second-order valence-electron chi connectivity index (χ2n) is 21.6. The Labute approximate surface area is 564 Å². The highest BCUT2D eigenvalue weighted by Crippen LogP contribution is 2.40. The van der Waals surface area contributed by atoms with Gasteiger partial charge in [0.2, 0.25) is 26.3 Å². The average Bonchev–Trinajstić information content (AvgIpc) is 1.59. The molecule has 32 heteroatoms. The molecule has 2 fully saturated rings. The number of aromatic amines is 1. The fourth-order valence-corrected chi connectivity index (χ4v) is 12.5. The summed E-state index contributed by atoms with van der Waals surface area (Å²) < 4.78 is 43.4. The van der Waals surface area contributed by atoms with E-state index in [-0.39, 0.29) is 72.1 Å². The lowest BCUT2D eigenvalue weighted by atomic mass is 9.96. The third kappa shape index (κ3) is 14.9. The van der Waals surface area contributed by atoms with Crippen molar-refractivity contribution in [2.45, 2.75) is 118 Å². The molecule has 3 aromatic carbocycles. The van der Waals surface area contributed by atoms with E-state index in [9.17, 15) is 28.8 Å². The van der Waals surface area contributed by atoms with Crippen LogP contribution in [0.4, 0.5) is 5.95 Å². The van der Waals surface area contributed by atoms with Crippen LogP contribution in [-0.2, 0) is 61.3 Å². The van der Waals surface area contributed by atoms with E-state index in [1.54, 1.807) is 56.0 Å². The first-order valence-corrected chi connectivity index (χ1v) is 31.4. The van der Waals surface area contributed by atoms with Crippen LogP contribution in [-0.4, -0.2) is 88.9 Å². The Balaban J connectivity index is 0.000000175. The molecule has 92 heavy (non-hydrogen) atoms. The van der Waals surface area contributed by atoms with Gasteiger partial charge in [0, 0.05) is 93.5 Å². The Kier molecular flexibility index (Phi) is 24.1. The molecule has 0 atom stereocenters. The molecule has 498 valence electrons. The van der Waals surface area contributed by atoms with Crippen LogP contribution >= 0.6 is 78.3 Å². The fourth-order valence-electron chi connectivity index (χ4n) is 10.7. The standard InChI is InChI=1S/C21H24ClN5O4.C15H12BrClN4O4.C8H6Cl2O2.C7H7BrN4O2.C6H13N.3CH4/c1-25-18-17(19(28)26(2)21(25)29)27(20(24-18)23-13-6-4-3-5-7-13)10-12-8-15-16(9-14(12)22)31-11-30-15;1-19-12-11(13(22)20(2)15(19)23)21(14(16)18-12)5-7-3-9-10(4-8(7)17)25-6-24-9;9-3-5-1-7-8(2-6(5)10)12-4-11-7;1-11-4-3(9-6(8)10-4)5(13)12(2)7(11)14;7-6-4-2-1-3-5-6;;;/h8-9,13H,3-7,10-11H2,1-2H3,(H,23,24);3-4H,5-6H2,1-2H3;1-2H,3-4H2;1-2H3,(H,9,10);6H,1-5,7H2;3*1H4. The molecule has 6 aromatic heterocycles. The van der Waals surface area contributed by atoms with Crippen LogP contribution in [0.5, 0.6) is 34.5 Å². The summed E-state index contributed by atoms with van der Waals surface area (Å²) >= 11 is 30.9. The number of alkyl halides is 1. The number of ether oxygens (including phenoxy) is 6. The molecule has 2 saturated carbocycles. The molecule has 5 aliphatic rings. The maximum Gasteiger partial charge on any atom is 0.332 e. The van der Waals surface area contributed by atoms with E-state index in [0.29, 0.717) is 111 Å². The van der Waals surface area contributed by atoms with Crippen molar-refractivity contribution in [3.8, 4) is 34.5 Å². The van der Waals surface area contributed by atoms with Crippen LogP contribution in [0.2, 0.25) is 15.1 Å². The van der Waals surface area contributed by atoms with E-state index < -0.39 is 16.9 Å². The Morgan fingerprint density at radius 3 is 1.34 bits per heavy atom. The van der Waals surface area contributed by atoms with Gasteiger partial charge in [-0.05, 0) is 92.4 Å². The molecule has 0 bridgehead atoms. The summed E-state index contributed by atoms with van der Waals surface area (Å²) in [7, 11) is 9.10. The number of halogens is 6. The number of nitrogens with zero attached hydrogens (tertiary/aromatic N) is 11. The van der Waals surface area contributed by atoms with Crippen molar-refractivity contribution in [1.82, 2.24) is 56.5 Å². The zero-order chi connectivity index (χ0) is 63.7. The maximum atomic E-state index is 13.1. The van der Waals surface area contributed by atoms with Crippen LogP contribution in [0.25, 0.3) is 33.5 Å². The molecule has 2 aliphatic carbocycles. The zero-order valence-corrected chi connectivity index (χ0v) is 55.3. The Morgan fingerprint density at radius 2 is 0.891 bits per heavy atom. The lowest BCUT2D eigenvalue weighted by Gasteiger charge is -2.23. The van der Waals surface area contributed by atoms with Gasteiger partial charge < -0.3 is 49.0 Å². The number of hydrogen-bond donors (Lipinski definition) is 3. The molecule has 0 amide bonds. The molecule has 9 aromatic rings. The van der Waals surface area contributed by atoms with E-state index >= 15 is 0 Å². The predicted octanol–water partition coefficient (Wildman–Crippen LogP) is 9.95. The molecule has 3 aliphatic heterocycles. The highest BCUT2D eigenvalue weighted by atomic mass is 79.9. The molecule has 0 spiro atoms. The molecule has 0 saturated heterocycles. The first kappa shape index (κ1) is 72.2. The second kappa shape index (κ2) is 30.7. The molecular weight excluding hydrogens is 1410 g/mol. The molecular formula is C60H74Br2Cl4N14O12. The van der Waals surface area contributed by atoms with Crippen molar-refractivity contribution in [2.75, 3.05) is 25.7 Å². The molecule has 14 rings (SSSR count). The first-order chi connectivity index (χ1) is 42.5. The molecule has 9 heterocycles. The quantitative estimate of drug-likeness (QED) is 0.0987. The minimum absolute atomic E-state index is 0. The van der Waals surface area contributed by atoms with Gasteiger partial charge in [-0.25, -0.2) is 24.4 Å². The van der Waals surface area contributed by atoms with Crippen LogP contribution in [0.15, 0.2) is 74.6 Å². The van der Waals surface area contributed by atoms with Gasteiger partial charge in [0.1, 0.15) is 0 Å². The van der Waals surface area contributed by atoms with Gasteiger partial charge in [0.05, 0.1) is 13.1 Å². The second-order valence-corrected chi connectivity index (χ2v) is 24.5. The summed E-state index contributed by atoms with van der Waals surface area (Å²) in [6.45, 7) is 1.14. The molecule has 4 N–H and O–H groups in total. The zero-order valence-electron chi connectivity index (χ0n) is 49.1. The summed E-state index contributed by atoms with van der Waals surface area (Å²) in [4.78, 5) is 88.9. The number of nitrogens with two attached hydrogens (primary N) is 1. The maximum absolute atomic E-state index is 13.1. The van der Waals surface area contributed by atoms with Gasteiger partial charge in [0.25, 0.3) is 16.7 Å². The largest absolute Gasteiger partial charge is 0.454 e. The Morgan fingerprint density at radius 1 is 0.511 bits per heavy atom. The highest BCUT2D eigenvalue weighted by Gasteiger charge is 2.26. The number of benzene rings is 3. The number of rotatable bonds is 7. The summed E-state index contributed by atoms with van der Waals surface area (Å²) in [5.41, 5.74) is 7.58. The minimum Gasteiger partial charge on any atom is -0.454 e. The van der Waals surface area contributed by atoms with E-state index in [1.165, 1.54) is 73.4 Å². The van der Waals surface area contributed by atoms with E-state index in [4.69, 9.17) is 80.6 Å². The number of nitrogens with one attached hydrogen (secondary N) is 2. The smallest absolute Gasteiger partial charge is 0.332 e. The van der Waals surface area contributed by atoms with Crippen LogP contribution in [0.3, 0.4) is 0 Å². The molecule has 0 radical (unpaired) electrons. The van der Waals surface area contributed by atoms with Gasteiger partial charge in [-0.2, -0.15) is 4.98 Å². The Bertz CT molecular complexity index is 4580. The summed E-state index contributed by atoms with van der Waals surface area (Å²) in [6, 6.07) is 11.3. The monoisotopic (exact) mass is 1480 g/mol. The lowest BCUT2D eigenvalue weighted by Crippen LogP contribution is -2.37. The van der Waals surface area contributed by atoms with Crippen LogP contribution in [0.1, 0.15) is 103 Å². The van der Waals surface area contributed by atoms with Gasteiger partial charge >= 0.3 is 17.1 Å². The number of aromatic nitrogens is 12. The third-order valence-corrected chi connectivity index (χ3v) is 18.1. The number of anilines is 1. The van der Waals surface area contributed by atoms with Gasteiger partial charge in [-0.1, -0.05) is 95.6 Å². The minimum atomic E-state index is -0.434. The molecule has 26 nitrogen and oxygen atoms in total. The summed E-state index contributed by atoms with van der Waals surface area (Å²) in [6.07, 6.45) is 12.3. The molecule has 0 unspecified atom stereocenters. The van der Waals surface area contributed by atoms with Gasteiger partial charge in [-0.3, -0.25) is 46.4 Å². The number of fused-ring (bicyclic) bond motifs is 6. The fraction of sp³-hybridized carbons (Fsp3) is 0.450. The lowest BCUT2D eigenvalue weighted by molar-refractivity contribution is 0.173. The third-order valence-electron chi connectivity index (χ3n) is 15.7. The van der Waals surface area contributed by atoms with Crippen molar-refractivity contribution in [2.24, 2.45) is 48.0 Å². The van der Waals surface area contributed by atoms with Crippen molar-refractivity contribution < 1.29 is 28.4 Å².